The summed E-state index contributed by atoms with van der Waals surface area (Å²) >= 11 is 1.51. The first kappa shape index (κ1) is 19.2. The van der Waals surface area contributed by atoms with Gasteiger partial charge in [0.25, 0.3) is 5.91 Å². The van der Waals surface area contributed by atoms with E-state index in [1.165, 1.54) is 11.3 Å². The van der Waals surface area contributed by atoms with Crippen molar-refractivity contribution in [3.8, 4) is 11.3 Å². The molecular formula is C24H17N7OS. The van der Waals surface area contributed by atoms with E-state index in [1.54, 1.807) is 18.3 Å². The van der Waals surface area contributed by atoms with Crippen LogP contribution in [-0.2, 0) is 0 Å². The summed E-state index contributed by atoms with van der Waals surface area (Å²) in [6.45, 7) is 0. The molecule has 0 atom stereocenters. The fourth-order valence-electron chi connectivity index (χ4n) is 3.60. The minimum Gasteiger partial charge on any atom is -0.324 e. The summed E-state index contributed by atoms with van der Waals surface area (Å²) in [5, 5.41) is 16.8. The Labute approximate surface area is 191 Å². The number of benzene rings is 3. The number of fused-ring (bicyclic) bond motifs is 2. The minimum atomic E-state index is -0.202. The number of imidazole rings is 1. The number of hydrogen-bond donors (Lipinski definition) is 4. The summed E-state index contributed by atoms with van der Waals surface area (Å²) in [7, 11) is 0. The van der Waals surface area contributed by atoms with Gasteiger partial charge in [-0.1, -0.05) is 30.3 Å². The summed E-state index contributed by atoms with van der Waals surface area (Å²) < 4.78 is 0. The number of H-pyrrole nitrogens is 2. The van der Waals surface area contributed by atoms with Gasteiger partial charge in [0.1, 0.15) is 0 Å². The Morgan fingerprint density at radius 1 is 0.939 bits per heavy atom. The Morgan fingerprint density at radius 2 is 1.85 bits per heavy atom. The molecule has 3 heterocycles. The zero-order valence-electron chi connectivity index (χ0n) is 17.2. The largest absolute Gasteiger partial charge is 0.324 e. The normalized spacial score (nSPS) is 11.2. The van der Waals surface area contributed by atoms with Crippen molar-refractivity contribution in [3.63, 3.8) is 0 Å². The minimum absolute atomic E-state index is 0.202. The highest BCUT2D eigenvalue weighted by Crippen LogP contribution is 2.27. The molecule has 4 N–H and O–H groups in total. The van der Waals surface area contributed by atoms with Crippen LogP contribution in [-0.4, -0.2) is 31.1 Å². The van der Waals surface area contributed by atoms with Gasteiger partial charge in [-0.05, 0) is 36.4 Å². The SMILES string of the molecule is O=C(Nc1ccc2cn[nH]c2c1)c1ccc2nc(Nc3nc(-c4ccccc4)cs3)[nH]c2c1. The molecule has 33 heavy (non-hydrogen) atoms. The summed E-state index contributed by atoms with van der Waals surface area (Å²) in [5.74, 6) is 0.369. The van der Waals surface area contributed by atoms with Crippen molar-refractivity contribution in [3.05, 3.63) is 83.9 Å². The molecule has 0 saturated heterocycles. The maximum atomic E-state index is 12.8. The smallest absolute Gasteiger partial charge is 0.255 e. The molecular weight excluding hydrogens is 434 g/mol. The summed E-state index contributed by atoms with van der Waals surface area (Å²) in [6.07, 6.45) is 1.74. The molecule has 3 aromatic carbocycles. The average Bonchev–Trinajstić information content (AvgIpc) is 3.58. The molecule has 0 aliphatic heterocycles. The third-order valence-corrected chi connectivity index (χ3v) is 6.00. The van der Waals surface area contributed by atoms with Gasteiger partial charge in [-0.15, -0.1) is 11.3 Å². The molecule has 0 unspecified atom stereocenters. The molecule has 160 valence electrons. The van der Waals surface area contributed by atoms with E-state index in [-0.39, 0.29) is 5.91 Å². The molecule has 0 aliphatic rings. The number of nitrogens with one attached hydrogen (secondary N) is 4. The molecule has 9 heteroatoms. The zero-order chi connectivity index (χ0) is 22.2. The molecule has 6 rings (SSSR count). The van der Waals surface area contributed by atoms with Crippen LogP contribution in [0.5, 0.6) is 0 Å². The first-order valence-corrected chi connectivity index (χ1v) is 11.1. The second-order valence-electron chi connectivity index (χ2n) is 7.47. The molecule has 1 amide bonds. The van der Waals surface area contributed by atoms with Crippen molar-refractivity contribution in [2.75, 3.05) is 10.6 Å². The predicted octanol–water partition coefficient (Wildman–Crippen LogP) is 5.56. The van der Waals surface area contributed by atoms with E-state index in [9.17, 15) is 4.79 Å². The van der Waals surface area contributed by atoms with E-state index in [4.69, 9.17) is 0 Å². The Hall–Kier alpha value is -4.50. The topological polar surface area (TPSA) is 111 Å². The number of anilines is 3. The molecule has 0 radical (unpaired) electrons. The van der Waals surface area contributed by atoms with Crippen LogP contribution in [0.4, 0.5) is 16.8 Å². The highest BCUT2D eigenvalue weighted by Gasteiger charge is 2.12. The Kier molecular flexibility index (Phi) is 4.59. The molecule has 3 aromatic heterocycles. The second-order valence-corrected chi connectivity index (χ2v) is 8.33. The van der Waals surface area contributed by atoms with Gasteiger partial charge in [0.05, 0.1) is 28.4 Å². The van der Waals surface area contributed by atoms with Crippen LogP contribution in [0, 0.1) is 0 Å². The number of hydrogen-bond acceptors (Lipinski definition) is 6. The molecule has 6 aromatic rings. The van der Waals surface area contributed by atoms with Gasteiger partial charge in [0.2, 0.25) is 5.95 Å². The van der Waals surface area contributed by atoms with Crippen molar-refractivity contribution in [1.29, 1.82) is 0 Å². The first-order chi connectivity index (χ1) is 16.2. The Morgan fingerprint density at radius 3 is 2.76 bits per heavy atom. The van der Waals surface area contributed by atoms with Crippen molar-refractivity contribution < 1.29 is 4.79 Å². The van der Waals surface area contributed by atoms with Gasteiger partial charge < -0.3 is 15.6 Å². The van der Waals surface area contributed by atoms with E-state index in [2.05, 4.69) is 35.8 Å². The van der Waals surface area contributed by atoms with Crippen molar-refractivity contribution in [2.45, 2.75) is 0 Å². The number of carbonyl (C=O) groups excluding carboxylic acids is 1. The monoisotopic (exact) mass is 451 g/mol. The average molecular weight is 452 g/mol. The van der Waals surface area contributed by atoms with E-state index < -0.39 is 0 Å². The standard InChI is InChI=1S/C24H17N7OS/c32-22(26-17-8-6-16-12-25-31-19(16)11-17)15-7-9-18-20(10-15)28-23(27-18)30-24-29-21(13-33-24)14-4-2-1-3-5-14/h1-13H,(H,25,31)(H,26,32)(H2,27,28,29,30). The molecule has 0 aliphatic carbocycles. The van der Waals surface area contributed by atoms with Crippen molar-refractivity contribution in [2.24, 2.45) is 0 Å². The quantitative estimate of drug-likeness (QED) is 0.274. The van der Waals surface area contributed by atoms with Crippen LogP contribution < -0.4 is 10.6 Å². The third-order valence-electron chi connectivity index (χ3n) is 5.24. The van der Waals surface area contributed by atoms with Gasteiger partial charge >= 0.3 is 0 Å². The number of thiazole rings is 1. The maximum Gasteiger partial charge on any atom is 0.255 e. The van der Waals surface area contributed by atoms with E-state index in [1.807, 2.05) is 60.0 Å². The molecule has 0 saturated carbocycles. The van der Waals surface area contributed by atoms with Crippen LogP contribution in [0.25, 0.3) is 33.2 Å². The van der Waals surface area contributed by atoms with E-state index in [0.717, 1.165) is 38.3 Å². The summed E-state index contributed by atoms with van der Waals surface area (Å²) in [5.41, 5.74) is 5.58. The Bertz CT molecular complexity index is 1600. The lowest BCUT2D eigenvalue weighted by Gasteiger charge is -2.05. The highest BCUT2D eigenvalue weighted by atomic mass is 32.1. The number of aromatic amines is 2. The number of nitrogens with zero attached hydrogens (tertiary/aromatic N) is 3. The van der Waals surface area contributed by atoms with Crippen LogP contribution in [0.3, 0.4) is 0 Å². The van der Waals surface area contributed by atoms with Gasteiger partial charge in [0.15, 0.2) is 5.13 Å². The van der Waals surface area contributed by atoms with Crippen molar-refractivity contribution in [1.82, 2.24) is 25.1 Å². The molecule has 0 fully saturated rings. The number of amides is 1. The fraction of sp³-hybridized carbons (Fsp3) is 0. The molecule has 8 nitrogen and oxygen atoms in total. The van der Waals surface area contributed by atoms with Gasteiger partial charge in [0, 0.05) is 27.6 Å². The van der Waals surface area contributed by atoms with Crippen LogP contribution in [0.1, 0.15) is 10.4 Å². The summed E-state index contributed by atoms with van der Waals surface area (Å²) in [6, 6.07) is 21.0. The lowest BCUT2D eigenvalue weighted by molar-refractivity contribution is 0.102. The van der Waals surface area contributed by atoms with Gasteiger partial charge in [-0.3, -0.25) is 9.89 Å². The Balaban J connectivity index is 1.20. The lowest BCUT2D eigenvalue weighted by atomic mass is 10.1. The molecule has 0 spiro atoms. The molecule has 0 bridgehead atoms. The van der Waals surface area contributed by atoms with Gasteiger partial charge in [-0.25, -0.2) is 9.97 Å². The second kappa shape index (κ2) is 7.88. The fourth-order valence-corrected chi connectivity index (χ4v) is 4.32. The van der Waals surface area contributed by atoms with E-state index >= 15 is 0 Å². The predicted molar refractivity (Wildman–Crippen MR) is 131 cm³/mol. The highest BCUT2D eigenvalue weighted by molar-refractivity contribution is 7.14. The number of aromatic nitrogens is 5. The zero-order valence-corrected chi connectivity index (χ0v) is 18.0. The number of carbonyl (C=O) groups is 1. The maximum absolute atomic E-state index is 12.8. The summed E-state index contributed by atoms with van der Waals surface area (Å²) in [4.78, 5) is 25.2. The third kappa shape index (κ3) is 3.81. The first-order valence-electron chi connectivity index (χ1n) is 10.2. The lowest BCUT2D eigenvalue weighted by Crippen LogP contribution is -2.11. The van der Waals surface area contributed by atoms with Gasteiger partial charge in [-0.2, -0.15) is 5.10 Å². The van der Waals surface area contributed by atoms with E-state index in [0.29, 0.717) is 17.2 Å². The van der Waals surface area contributed by atoms with Crippen LogP contribution in [0.15, 0.2) is 78.3 Å². The van der Waals surface area contributed by atoms with Crippen LogP contribution >= 0.6 is 11.3 Å². The van der Waals surface area contributed by atoms with Crippen LogP contribution in [0.2, 0.25) is 0 Å². The van der Waals surface area contributed by atoms with Crippen molar-refractivity contribution >= 4 is 55.9 Å². The number of rotatable bonds is 5.